The van der Waals surface area contributed by atoms with Crippen molar-refractivity contribution in [2.75, 3.05) is 0 Å². The Hall–Kier alpha value is -2.51. The second-order valence-corrected chi connectivity index (χ2v) is 12.0. The van der Waals surface area contributed by atoms with E-state index < -0.39 is 36.6 Å². The van der Waals surface area contributed by atoms with E-state index in [2.05, 4.69) is 67.5 Å². The van der Waals surface area contributed by atoms with E-state index in [-0.39, 0.29) is 0 Å². The zero-order chi connectivity index (χ0) is 25.7. The normalized spacial score (nSPS) is 22.2. The number of aromatic nitrogens is 2. The Balaban J connectivity index is 1.71. The van der Waals surface area contributed by atoms with Crippen LogP contribution in [0.4, 0.5) is 0 Å². The van der Waals surface area contributed by atoms with E-state index in [1.54, 1.807) is 0 Å². The first kappa shape index (κ1) is 23.9. The summed E-state index contributed by atoms with van der Waals surface area (Å²) in [6, 6.07) is 16.2. The molecule has 2 saturated heterocycles. The zero-order valence-electron chi connectivity index (χ0n) is 22.3. The van der Waals surface area contributed by atoms with E-state index in [1.165, 1.54) is 0 Å². The van der Waals surface area contributed by atoms with Crippen molar-refractivity contribution in [2.45, 2.75) is 77.8 Å². The molecule has 6 rings (SSSR count). The van der Waals surface area contributed by atoms with E-state index in [4.69, 9.17) is 28.6 Å². The fraction of sp³-hybridized carbons (Fsp3) is 0.429. The third-order valence-corrected chi connectivity index (χ3v) is 8.57. The Kier molecular flexibility index (Phi) is 4.98. The Labute approximate surface area is 213 Å². The predicted octanol–water partition coefficient (Wildman–Crippen LogP) is 4.53. The maximum absolute atomic E-state index is 6.56. The molecule has 0 N–H and O–H groups in total. The maximum atomic E-state index is 6.56. The lowest BCUT2D eigenvalue weighted by molar-refractivity contribution is 0.00578. The summed E-state index contributed by atoms with van der Waals surface area (Å²) in [6.07, 6.45) is 0. The molecule has 6 nitrogen and oxygen atoms in total. The third-order valence-electron chi connectivity index (χ3n) is 8.57. The molecule has 0 unspecified atom stereocenters. The Morgan fingerprint density at radius 1 is 0.500 bits per heavy atom. The molecule has 4 aromatic rings. The average Bonchev–Trinajstić information content (AvgIpc) is 3.14. The van der Waals surface area contributed by atoms with Crippen molar-refractivity contribution >= 4 is 58.0 Å². The van der Waals surface area contributed by atoms with Crippen LogP contribution in [-0.4, -0.2) is 46.6 Å². The van der Waals surface area contributed by atoms with Gasteiger partial charge < -0.3 is 18.6 Å². The maximum Gasteiger partial charge on any atom is 0.497 e. The number of nitrogens with zero attached hydrogens (tertiary/aromatic N) is 2. The van der Waals surface area contributed by atoms with Gasteiger partial charge in [0.1, 0.15) is 0 Å². The predicted molar refractivity (Wildman–Crippen MR) is 146 cm³/mol. The number of hydrogen-bond donors (Lipinski definition) is 0. The summed E-state index contributed by atoms with van der Waals surface area (Å²) in [4.78, 5) is 10.3. The van der Waals surface area contributed by atoms with Crippen molar-refractivity contribution in [2.24, 2.45) is 0 Å². The van der Waals surface area contributed by atoms with Crippen LogP contribution in [0.25, 0.3) is 32.8 Å². The summed E-state index contributed by atoms with van der Waals surface area (Å²) in [5.74, 6) is 0. The van der Waals surface area contributed by atoms with E-state index in [9.17, 15) is 0 Å². The fourth-order valence-corrected chi connectivity index (χ4v) is 4.98. The first-order valence-electron chi connectivity index (χ1n) is 12.6. The molecular weight excluding hydrogens is 450 g/mol. The van der Waals surface area contributed by atoms with Crippen molar-refractivity contribution in [3.63, 3.8) is 0 Å². The molecule has 3 heterocycles. The molecular formula is C28H32B2N2O4. The van der Waals surface area contributed by atoms with E-state index in [0.717, 1.165) is 43.8 Å². The standard InChI is InChI=1S/C28H32B2N2O4/c1-25(2)26(3,4)34-29(33-25)21-17-13-9-10-14-18(17)22(30-35-27(5,6)28(7,8)36-30)24-23(21)31-19-15-11-12-16-20(19)32-24/h9-16H,1-8H3. The van der Waals surface area contributed by atoms with Crippen molar-refractivity contribution < 1.29 is 18.6 Å². The van der Waals surface area contributed by atoms with Gasteiger partial charge in [0.25, 0.3) is 0 Å². The van der Waals surface area contributed by atoms with Crippen LogP contribution in [0.3, 0.4) is 0 Å². The van der Waals surface area contributed by atoms with Crippen molar-refractivity contribution in [3.8, 4) is 0 Å². The van der Waals surface area contributed by atoms with Gasteiger partial charge in [-0.15, -0.1) is 0 Å². The molecule has 0 amide bonds. The molecule has 2 fully saturated rings. The first-order chi connectivity index (χ1) is 16.8. The minimum absolute atomic E-state index is 0.486. The molecule has 0 spiro atoms. The summed E-state index contributed by atoms with van der Waals surface area (Å²) in [5, 5.41) is 2.00. The molecule has 8 heteroatoms. The minimum Gasteiger partial charge on any atom is -0.399 e. The molecule has 2 aliphatic rings. The summed E-state index contributed by atoms with van der Waals surface area (Å²) in [6.45, 7) is 16.5. The minimum atomic E-state index is -0.592. The lowest BCUT2D eigenvalue weighted by Gasteiger charge is -2.32. The monoisotopic (exact) mass is 482 g/mol. The van der Waals surface area contributed by atoms with Gasteiger partial charge in [-0.05, 0) is 78.3 Å². The number of benzene rings is 3. The Morgan fingerprint density at radius 2 is 0.806 bits per heavy atom. The molecule has 0 radical (unpaired) electrons. The van der Waals surface area contributed by atoms with Crippen LogP contribution in [0, 0.1) is 0 Å². The highest BCUT2D eigenvalue weighted by Crippen LogP contribution is 2.40. The van der Waals surface area contributed by atoms with Gasteiger partial charge in [0, 0.05) is 10.9 Å². The molecule has 2 aliphatic heterocycles. The zero-order valence-corrected chi connectivity index (χ0v) is 22.3. The third kappa shape index (κ3) is 3.35. The Morgan fingerprint density at radius 3 is 1.14 bits per heavy atom. The second-order valence-electron chi connectivity index (χ2n) is 12.0. The van der Waals surface area contributed by atoms with Gasteiger partial charge in [-0.2, -0.15) is 0 Å². The van der Waals surface area contributed by atoms with Crippen LogP contribution in [0.15, 0.2) is 48.5 Å². The summed E-state index contributed by atoms with van der Waals surface area (Å²) in [7, 11) is -1.18. The molecule has 0 aliphatic carbocycles. The van der Waals surface area contributed by atoms with E-state index in [1.807, 2.05) is 36.4 Å². The molecule has 0 atom stereocenters. The van der Waals surface area contributed by atoms with Crippen LogP contribution in [0.2, 0.25) is 0 Å². The molecule has 36 heavy (non-hydrogen) atoms. The largest absolute Gasteiger partial charge is 0.497 e. The summed E-state index contributed by atoms with van der Waals surface area (Å²) in [5.41, 5.74) is 2.96. The lowest BCUT2D eigenvalue weighted by atomic mass is 9.68. The summed E-state index contributed by atoms with van der Waals surface area (Å²) >= 11 is 0. The number of para-hydroxylation sites is 2. The topological polar surface area (TPSA) is 62.7 Å². The average molecular weight is 482 g/mol. The highest BCUT2D eigenvalue weighted by molar-refractivity contribution is 6.73. The van der Waals surface area contributed by atoms with E-state index in [0.29, 0.717) is 0 Å². The van der Waals surface area contributed by atoms with Gasteiger partial charge in [-0.25, -0.2) is 9.97 Å². The molecule has 0 saturated carbocycles. The van der Waals surface area contributed by atoms with Gasteiger partial charge in [0.2, 0.25) is 0 Å². The molecule has 184 valence electrons. The van der Waals surface area contributed by atoms with Gasteiger partial charge >= 0.3 is 14.2 Å². The first-order valence-corrected chi connectivity index (χ1v) is 12.6. The highest BCUT2D eigenvalue weighted by Gasteiger charge is 2.55. The summed E-state index contributed by atoms with van der Waals surface area (Å²) < 4.78 is 26.2. The van der Waals surface area contributed by atoms with Crippen LogP contribution >= 0.6 is 0 Å². The molecule has 0 bridgehead atoms. The van der Waals surface area contributed by atoms with Gasteiger partial charge in [-0.1, -0.05) is 36.4 Å². The fourth-order valence-electron chi connectivity index (χ4n) is 4.98. The van der Waals surface area contributed by atoms with Gasteiger partial charge in [-0.3, -0.25) is 0 Å². The molecule has 3 aromatic carbocycles. The van der Waals surface area contributed by atoms with Crippen molar-refractivity contribution in [1.82, 2.24) is 9.97 Å². The lowest BCUT2D eigenvalue weighted by Crippen LogP contribution is -2.41. The van der Waals surface area contributed by atoms with Crippen LogP contribution in [0.5, 0.6) is 0 Å². The quantitative estimate of drug-likeness (QED) is 0.309. The second kappa shape index (κ2) is 7.51. The van der Waals surface area contributed by atoms with Gasteiger partial charge in [0.15, 0.2) is 0 Å². The number of fused-ring (bicyclic) bond motifs is 3. The van der Waals surface area contributed by atoms with Crippen LogP contribution in [-0.2, 0) is 18.6 Å². The SMILES string of the molecule is CC1(C)OB(c2c3ccccc3c(B3OC(C)(C)C(C)(C)O3)c3nc4ccccc4nc23)OC1(C)C. The highest BCUT2D eigenvalue weighted by atomic mass is 16.7. The van der Waals surface area contributed by atoms with Crippen molar-refractivity contribution in [1.29, 1.82) is 0 Å². The van der Waals surface area contributed by atoms with Crippen LogP contribution in [0.1, 0.15) is 55.4 Å². The van der Waals surface area contributed by atoms with E-state index >= 15 is 0 Å². The van der Waals surface area contributed by atoms with Crippen molar-refractivity contribution in [3.05, 3.63) is 48.5 Å². The number of rotatable bonds is 2. The molecule has 1 aromatic heterocycles. The Bertz CT molecular complexity index is 1390. The van der Waals surface area contributed by atoms with Crippen LogP contribution < -0.4 is 10.9 Å². The smallest absolute Gasteiger partial charge is 0.399 e. The number of hydrogen-bond acceptors (Lipinski definition) is 6. The van der Waals surface area contributed by atoms with Gasteiger partial charge in [0.05, 0.1) is 44.5 Å².